The molecule has 0 atom stereocenters. The Morgan fingerprint density at radius 2 is 1.81 bits per heavy atom. The number of fused-ring (bicyclic) bond motifs is 1. The summed E-state index contributed by atoms with van der Waals surface area (Å²) in [6, 6.07) is 0. The maximum atomic E-state index is 12.8. The number of aldehydes is 1. The Balaban J connectivity index is 2.80. The third-order valence-corrected chi connectivity index (χ3v) is 5.39. The minimum Gasteiger partial charge on any atom is -0.377 e. The molecule has 0 aliphatic carbocycles. The molecule has 0 radical (unpaired) electrons. The second-order valence-corrected chi connectivity index (χ2v) is 7.57. The number of ether oxygens (including phenoxy) is 1. The van der Waals surface area contributed by atoms with Gasteiger partial charge in [-0.3, -0.25) is 18.7 Å². The first-order valence-electron chi connectivity index (χ1n) is 7.75. The number of halogens is 3. The van der Waals surface area contributed by atoms with Crippen LogP contribution in [0.3, 0.4) is 0 Å². The standard InChI is InChI=1S/C16H19F3N2O4S/c1-9-10(7-22)26-13-11(9)12(23)21(8-15(2,3)25-4)14(24)20(13)6-5-16(17,18)19/h7H,5-6,8H2,1-4H3. The number of methoxy groups -OCH3 is 1. The Hall–Kier alpha value is -1.94. The summed E-state index contributed by atoms with van der Waals surface area (Å²) in [4.78, 5) is 37.0. The average Bonchev–Trinajstić information content (AvgIpc) is 2.87. The SMILES string of the molecule is COC(C)(C)Cn1c(=O)c2c(C)c(C=O)sc2n(CCC(F)(F)F)c1=O. The quantitative estimate of drug-likeness (QED) is 0.709. The molecule has 0 saturated heterocycles. The summed E-state index contributed by atoms with van der Waals surface area (Å²) in [5.41, 5.74) is -2.01. The van der Waals surface area contributed by atoms with Crippen molar-refractivity contribution in [2.45, 2.75) is 52.1 Å². The molecule has 0 spiro atoms. The zero-order valence-corrected chi connectivity index (χ0v) is 15.6. The maximum absolute atomic E-state index is 12.8. The molecule has 0 aromatic carbocycles. The van der Waals surface area contributed by atoms with E-state index in [1.165, 1.54) is 14.0 Å². The zero-order valence-electron chi connectivity index (χ0n) is 14.8. The van der Waals surface area contributed by atoms with Crippen LogP contribution in [0.1, 0.15) is 35.5 Å². The molecular formula is C16H19F3N2O4S. The first-order chi connectivity index (χ1) is 11.9. The van der Waals surface area contributed by atoms with Gasteiger partial charge in [0.15, 0.2) is 6.29 Å². The van der Waals surface area contributed by atoms with Crippen molar-refractivity contribution in [2.24, 2.45) is 0 Å². The lowest BCUT2D eigenvalue weighted by Crippen LogP contribution is -2.45. The van der Waals surface area contributed by atoms with E-state index in [4.69, 9.17) is 4.74 Å². The third-order valence-electron chi connectivity index (χ3n) is 4.15. The highest BCUT2D eigenvalue weighted by molar-refractivity contribution is 7.20. The lowest BCUT2D eigenvalue weighted by atomic mass is 10.1. The molecule has 0 bridgehead atoms. The van der Waals surface area contributed by atoms with Crippen LogP contribution in [0.25, 0.3) is 10.2 Å². The number of carbonyl (C=O) groups excluding carboxylic acids is 1. The van der Waals surface area contributed by atoms with Crippen molar-refractivity contribution >= 4 is 27.8 Å². The lowest BCUT2D eigenvalue weighted by molar-refractivity contribution is -0.136. The first kappa shape index (κ1) is 20.4. The van der Waals surface area contributed by atoms with Gasteiger partial charge in [-0.15, -0.1) is 11.3 Å². The molecule has 10 heteroatoms. The molecule has 26 heavy (non-hydrogen) atoms. The number of alkyl halides is 3. The molecule has 0 N–H and O–H groups in total. The highest BCUT2D eigenvalue weighted by Gasteiger charge is 2.29. The van der Waals surface area contributed by atoms with Gasteiger partial charge in [-0.2, -0.15) is 13.2 Å². The van der Waals surface area contributed by atoms with E-state index in [1.54, 1.807) is 13.8 Å². The topological polar surface area (TPSA) is 70.3 Å². The smallest absolute Gasteiger partial charge is 0.377 e. The van der Waals surface area contributed by atoms with Crippen molar-refractivity contribution in [2.75, 3.05) is 7.11 Å². The van der Waals surface area contributed by atoms with E-state index >= 15 is 0 Å². The second kappa shape index (κ2) is 6.99. The van der Waals surface area contributed by atoms with Crippen LogP contribution in [0, 0.1) is 6.92 Å². The Morgan fingerprint density at radius 3 is 2.31 bits per heavy atom. The summed E-state index contributed by atoms with van der Waals surface area (Å²) >= 11 is 0.845. The predicted octanol–water partition coefficient (Wildman–Crippen LogP) is 2.72. The number of hydrogen-bond acceptors (Lipinski definition) is 5. The summed E-state index contributed by atoms with van der Waals surface area (Å²) < 4.78 is 45.0. The van der Waals surface area contributed by atoms with Gasteiger partial charge in [0.2, 0.25) is 0 Å². The molecule has 0 amide bonds. The molecule has 0 aliphatic heterocycles. The van der Waals surface area contributed by atoms with Crippen LogP contribution < -0.4 is 11.2 Å². The van der Waals surface area contributed by atoms with E-state index in [0.717, 1.165) is 20.5 Å². The van der Waals surface area contributed by atoms with E-state index in [9.17, 15) is 27.6 Å². The van der Waals surface area contributed by atoms with Gasteiger partial charge in [-0.25, -0.2) is 4.79 Å². The monoisotopic (exact) mass is 392 g/mol. The summed E-state index contributed by atoms with van der Waals surface area (Å²) in [5.74, 6) is 0. The van der Waals surface area contributed by atoms with Gasteiger partial charge in [0.25, 0.3) is 5.56 Å². The molecule has 6 nitrogen and oxygen atoms in total. The van der Waals surface area contributed by atoms with E-state index in [-0.39, 0.29) is 21.6 Å². The third kappa shape index (κ3) is 3.90. The van der Waals surface area contributed by atoms with Gasteiger partial charge in [-0.05, 0) is 26.3 Å². The fourth-order valence-electron chi connectivity index (χ4n) is 2.54. The molecule has 2 rings (SSSR count). The van der Waals surface area contributed by atoms with Gasteiger partial charge < -0.3 is 4.74 Å². The number of hydrogen-bond donors (Lipinski definition) is 0. The van der Waals surface area contributed by atoms with Crippen molar-refractivity contribution in [3.8, 4) is 0 Å². The van der Waals surface area contributed by atoms with Gasteiger partial charge in [0.05, 0.1) is 28.8 Å². The van der Waals surface area contributed by atoms with Gasteiger partial charge in [0.1, 0.15) is 4.83 Å². The normalized spacial score (nSPS) is 12.7. The van der Waals surface area contributed by atoms with Crippen LogP contribution in [-0.2, 0) is 17.8 Å². The number of nitrogens with zero attached hydrogens (tertiary/aromatic N) is 2. The van der Waals surface area contributed by atoms with Crippen LogP contribution >= 0.6 is 11.3 Å². The van der Waals surface area contributed by atoms with Crippen molar-refractivity contribution in [3.63, 3.8) is 0 Å². The molecule has 0 saturated carbocycles. The molecule has 0 aliphatic rings. The first-order valence-corrected chi connectivity index (χ1v) is 8.57. The largest absolute Gasteiger partial charge is 0.390 e. The van der Waals surface area contributed by atoms with Crippen LogP contribution in [0.4, 0.5) is 13.2 Å². The molecule has 0 unspecified atom stereocenters. The Bertz CT molecular complexity index is 954. The Labute approximate surface area is 150 Å². The number of aromatic nitrogens is 2. The minimum absolute atomic E-state index is 0.0790. The van der Waals surface area contributed by atoms with Crippen molar-refractivity contribution < 1.29 is 22.7 Å². The fourth-order valence-corrected chi connectivity index (χ4v) is 3.68. The summed E-state index contributed by atoms with van der Waals surface area (Å²) in [6.45, 7) is 4.08. The second-order valence-electron chi connectivity index (χ2n) is 6.54. The molecule has 2 heterocycles. The number of carbonyl (C=O) groups is 1. The molecule has 2 aromatic rings. The van der Waals surface area contributed by atoms with E-state index < -0.39 is 36.0 Å². The van der Waals surface area contributed by atoms with Gasteiger partial charge in [0, 0.05) is 13.7 Å². The number of rotatable bonds is 6. The van der Waals surface area contributed by atoms with E-state index in [0.29, 0.717) is 11.8 Å². The fraction of sp³-hybridized carbons (Fsp3) is 0.562. The van der Waals surface area contributed by atoms with Crippen LogP contribution in [-0.4, -0.2) is 34.3 Å². The average molecular weight is 392 g/mol. The van der Waals surface area contributed by atoms with E-state index in [1.807, 2.05) is 0 Å². The van der Waals surface area contributed by atoms with Crippen LogP contribution in [0.2, 0.25) is 0 Å². The van der Waals surface area contributed by atoms with Crippen molar-refractivity contribution in [1.29, 1.82) is 0 Å². The molecule has 0 fully saturated rings. The Kier molecular flexibility index (Phi) is 5.48. The summed E-state index contributed by atoms with van der Waals surface area (Å²) in [6.07, 6.45) is -5.15. The number of thiophene rings is 1. The highest BCUT2D eigenvalue weighted by Crippen LogP contribution is 2.28. The number of aryl methyl sites for hydroxylation is 2. The van der Waals surface area contributed by atoms with Gasteiger partial charge >= 0.3 is 11.9 Å². The minimum atomic E-state index is -4.46. The van der Waals surface area contributed by atoms with Crippen LogP contribution in [0.15, 0.2) is 9.59 Å². The Morgan fingerprint density at radius 1 is 1.19 bits per heavy atom. The summed E-state index contributed by atoms with van der Waals surface area (Å²) in [7, 11) is 1.41. The zero-order chi connectivity index (χ0) is 19.9. The molecule has 2 aromatic heterocycles. The maximum Gasteiger partial charge on any atom is 0.390 e. The van der Waals surface area contributed by atoms with Crippen molar-refractivity contribution in [1.82, 2.24) is 9.13 Å². The lowest BCUT2D eigenvalue weighted by Gasteiger charge is -2.24. The highest BCUT2D eigenvalue weighted by atomic mass is 32.1. The summed E-state index contributed by atoms with van der Waals surface area (Å²) in [5, 5.41) is 0.0887. The molecular weight excluding hydrogens is 373 g/mol. The molecule has 144 valence electrons. The predicted molar refractivity (Wildman–Crippen MR) is 92.2 cm³/mol. The van der Waals surface area contributed by atoms with E-state index in [2.05, 4.69) is 0 Å². The van der Waals surface area contributed by atoms with Crippen molar-refractivity contribution in [3.05, 3.63) is 31.3 Å². The van der Waals surface area contributed by atoms with Crippen LogP contribution in [0.5, 0.6) is 0 Å². The van der Waals surface area contributed by atoms with Gasteiger partial charge in [-0.1, -0.05) is 0 Å².